The Morgan fingerprint density at radius 1 is 0.957 bits per heavy atom. The van der Waals surface area contributed by atoms with E-state index in [0.29, 0.717) is 9.90 Å². The first kappa shape index (κ1) is 15.5. The molecule has 1 aromatic heterocycles. The number of carbonyl (C=O) groups is 1. The largest absolute Gasteiger partial charge is 0.271 e. The molecular formula is C18H13ClN2OS. The highest BCUT2D eigenvalue weighted by molar-refractivity contribution is 7.17. The molecule has 1 heterocycles. The molecule has 0 radical (unpaired) electrons. The molecule has 3 aromatic rings. The van der Waals surface area contributed by atoms with Crippen molar-refractivity contribution in [1.29, 1.82) is 0 Å². The summed E-state index contributed by atoms with van der Waals surface area (Å²) in [5.74, 6) is -0.247. The van der Waals surface area contributed by atoms with Gasteiger partial charge in [0, 0.05) is 10.4 Å². The van der Waals surface area contributed by atoms with Crippen LogP contribution in [0.15, 0.2) is 71.8 Å². The van der Waals surface area contributed by atoms with Crippen LogP contribution in [0.4, 0.5) is 0 Å². The Balaban J connectivity index is 1.65. The third-order valence-corrected chi connectivity index (χ3v) is 4.37. The lowest BCUT2D eigenvalue weighted by molar-refractivity contribution is 0.0955. The van der Waals surface area contributed by atoms with Gasteiger partial charge in [0.25, 0.3) is 5.91 Å². The average Bonchev–Trinajstić information content (AvgIpc) is 3.01. The summed E-state index contributed by atoms with van der Waals surface area (Å²) in [5.41, 5.74) is 5.26. The van der Waals surface area contributed by atoms with E-state index in [1.54, 1.807) is 24.4 Å². The highest BCUT2D eigenvalue weighted by Crippen LogP contribution is 2.20. The topological polar surface area (TPSA) is 41.5 Å². The zero-order valence-electron chi connectivity index (χ0n) is 12.1. The second kappa shape index (κ2) is 7.22. The van der Waals surface area contributed by atoms with Gasteiger partial charge < -0.3 is 0 Å². The molecule has 0 aliphatic heterocycles. The maximum Gasteiger partial charge on any atom is 0.271 e. The number of hydrazone groups is 1. The Morgan fingerprint density at radius 2 is 1.65 bits per heavy atom. The number of hydrogen-bond acceptors (Lipinski definition) is 3. The zero-order valence-corrected chi connectivity index (χ0v) is 13.6. The number of benzene rings is 2. The number of hydrogen-bond donors (Lipinski definition) is 1. The Kier molecular flexibility index (Phi) is 4.86. The third kappa shape index (κ3) is 4.06. The van der Waals surface area contributed by atoms with E-state index in [4.69, 9.17) is 11.6 Å². The quantitative estimate of drug-likeness (QED) is 0.536. The van der Waals surface area contributed by atoms with Crippen molar-refractivity contribution in [2.24, 2.45) is 5.10 Å². The van der Waals surface area contributed by atoms with Crippen molar-refractivity contribution in [3.8, 4) is 11.1 Å². The highest BCUT2D eigenvalue weighted by atomic mass is 35.5. The smallest absolute Gasteiger partial charge is 0.267 e. The Morgan fingerprint density at radius 3 is 2.30 bits per heavy atom. The lowest BCUT2D eigenvalue weighted by Gasteiger charge is -2.03. The van der Waals surface area contributed by atoms with Gasteiger partial charge in [0.2, 0.25) is 0 Å². The number of carbonyl (C=O) groups excluding carboxylic acids is 1. The molecule has 1 N–H and O–H groups in total. The fraction of sp³-hybridized carbons (Fsp3) is 0. The van der Waals surface area contributed by atoms with Crippen LogP contribution in [0.5, 0.6) is 0 Å². The van der Waals surface area contributed by atoms with Gasteiger partial charge >= 0.3 is 0 Å². The molecule has 0 aliphatic rings. The van der Waals surface area contributed by atoms with Crippen LogP contribution in [-0.4, -0.2) is 12.1 Å². The molecule has 23 heavy (non-hydrogen) atoms. The van der Waals surface area contributed by atoms with E-state index < -0.39 is 0 Å². The van der Waals surface area contributed by atoms with Crippen LogP contribution in [0.25, 0.3) is 11.1 Å². The van der Waals surface area contributed by atoms with Crippen molar-refractivity contribution in [1.82, 2.24) is 5.43 Å². The first-order valence-electron chi connectivity index (χ1n) is 6.96. The summed E-state index contributed by atoms with van der Waals surface area (Å²) in [6.45, 7) is 0. The van der Waals surface area contributed by atoms with Crippen LogP contribution in [-0.2, 0) is 0 Å². The molecule has 3 rings (SSSR count). The van der Waals surface area contributed by atoms with Crippen molar-refractivity contribution in [2.45, 2.75) is 0 Å². The van der Waals surface area contributed by atoms with Gasteiger partial charge in [0.05, 0.1) is 10.6 Å². The van der Waals surface area contributed by atoms with Gasteiger partial charge in [-0.1, -0.05) is 54.1 Å². The molecule has 114 valence electrons. The van der Waals surface area contributed by atoms with Crippen LogP contribution >= 0.6 is 22.9 Å². The third-order valence-electron chi connectivity index (χ3n) is 3.21. The van der Waals surface area contributed by atoms with Crippen LogP contribution in [0.3, 0.4) is 0 Å². The SMILES string of the molecule is O=C(N/N=C/c1ccc(Cl)s1)c1ccc(-c2ccccc2)cc1. The molecule has 5 heteroatoms. The lowest BCUT2D eigenvalue weighted by atomic mass is 10.0. The van der Waals surface area contributed by atoms with E-state index in [1.807, 2.05) is 48.5 Å². The van der Waals surface area contributed by atoms with Gasteiger partial charge in [-0.25, -0.2) is 5.43 Å². The highest BCUT2D eigenvalue weighted by Gasteiger charge is 2.04. The second-order valence-corrected chi connectivity index (χ2v) is 6.53. The number of nitrogens with zero attached hydrogens (tertiary/aromatic N) is 1. The van der Waals surface area contributed by atoms with Crippen molar-refractivity contribution in [3.63, 3.8) is 0 Å². The first-order valence-corrected chi connectivity index (χ1v) is 8.16. The minimum atomic E-state index is -0.247. The number of thiophene rings is 1. The van der Waals surface area contributed by atoms with E-state index in [-0.39, 0.29) is 5.91 Å². The fourth-order valence-electron chi connectivity index (χ4n) is 2.06. The number of halogens is 1. The standard InChI is InChI=1S/C18H13ClN2OS/c19-17-11-10-16(23-17)12-20-21-18(22)15-8-6-14(7-9-15)13-4-2-1-3-5-13/h1-12H,(H,21,22)/b20-12+. The molecule has 0 saturated carbocycles. The monoisotopic (exact) mass is 340 g/mol. The molecule has 0 bridgehead atoms. The van der Waals surface area contributed by atoms with Gasteiger partial charge in [-0.15, -0.1) is 11.3 Å². The van der Waals surface area contributed by atoms with Crippen molar-refractivity contribution in [3.05, 3.63) is 81.5 Å². The molecule has 3 nitrogen and oxygen atoms in total. The van der Waals surface area contributed by atoms with E-state index in [0.717, 1.165) is 16.0 Å². The molecule has 0 fully saturated rings. The number of nitrogens with one attached hydrogen (secondary N) is 1. The molecular weight excluding hydrogens is 328 g/mol. The van der Waals surface area contributed by atoms with E-state index in [9.17, 15) is 4.79 Å². The van der Waals surface area contributed by atoms with Gasteiger partial charge in [-0.3, -0.25) is 4.79 Å². The Hall–Kier alpha value is -2.43. The summed E-state index contributed by atoms with van der Waals surface area (Å²) in [6, 6.07) is 21.1. The normalized spacial score (nSPS) is 10.8. The molecule has 0 atom stereocenters. The summed E-state index contributed by atoms with van der Waals surface area (Å²) in [6.07, 6.45) is 1.58. The summed E-state index contributed by atoms with van der Waals surface area (Å²) in [7, 11) is 0. The van der Waals surface area contributed by atoms with E-state index in [2.05, 4.69) is 10.5 Å². The summed E-state index contributed by atoms with van der Waals surface area (Å²) in [4.78, 5) is 12.9. The lowest BCUT2D eigenvalue weighted by Crippen LogP contribution is -2.17. The van der Waals surface area contributed by atoms with E-state index >= 15 is 0 Å². The van der Waals surface area contributed by atoms with E-state index in [1.165, 1.54) is 11.3 Å². The minimum absolute atomic E-state index is 0.247. The average molecular weight is 341 g/mol. The van der Waals surface area contributed by atoms with Gasteiger partial charge in [0.15, 0.2) is 0 Å². The molecule has 0 spiro atoms. The van der Waals surface area contributed by atoms with Crippen molar-refractivity contribution in [2.75, 3.05) is 0 Å². The van der Waals surface area contributed by atoms with Crippen LogP contribution in [0.2, 0.25) is 4.34 Å². The predicted molar refractivity (Wildman–Crippen MR) is 96.3 cm³/mol. The van der Waals surface area contributed by atoms with Crippen LogP contribution < -0.4 is 5.43 Å². The van der Waals surface area contributed by atoms with Crippen molar-refractivity contribution < 1.29 is 4.79 Å². The molecule has 0 aliphatic carbocycles. The molecule has 0 saturated heterocycles. The fourth-order valence-corrected chi connectivity index (χ4v) is 2.99. The molecule has 1 amide bonds. The summed E-state index contributed by atoms with van der Waals surface area (Å²) >= 11 is 7.23. The molecule has 0 unspecified atom stereocenters. The molecule has 2 aromatic carbocycles. The summed E-state index contributed by atoms with van der Waals surface area (Å²) in [5, 5.41) is 3.94. The van der Waals surface area contributed by atoms with Crippen molar-refractivity contribution >= 4 is 35.1 Å². The Labute approximate surface area is 143 Å². The Bertz CT molecular complexity index is 826. The number of rotatable bonds is 4. The maximum atomic E-state index is 12.0. The second-order valence-electron chi connectivity index (χ2n) is 4.78. The first-order chi connectivity index (χ1) is 11.2. The van der Waals surface area contributed by atoms with Gasteiger partial charge in [0.1, 0.15) is 0 Å². The zero-order chi connectivity index (χ0) is 16.1. The van der Waals surface area contributed by atoms with Gasteiger partial charge in [-0.05, 0) is 35.4 Å². The summed E-state index contributed by atoms with van der Waals surface area (Å²) < 4.78 is 0.689. The van der Waals surface area contributed by atoms with Gasteiger partial charge in [-0.2, -0.15) is 5.10 Å². The minimum Gasteiger partial charge on any atom is -0.267 e. The van der Waals surface area contributed by atoms with Crippen LogP contribution in [0.1, 0.15) is 15.2 Å². The maximum absolute atomic E-state index is 12.0. The van der Waals surface area contributed by atoms with Crippen LogP contribution in [0, 0.1) is 0 Å². The number of amides is 1. The predicted octanol–water partition coefficient (Wildman–Crippen LogP) is 4.83.